The fourth-order valence-corrected chi connectivity index (χ4v) is 3.88. The number of carbonyl (C=O) groups excluding carboxylic acids is 3. The molecule has 1 aromatic heterocycles. The molecule has 0 unspecified atom stereocenters. The number of hydrogen-bond donors (Lipinski definition) is 1. The number of carbonyl (C=O) groups is 3. The minimum absolute atomic E-state index is 0.0289. The molecule has 1 aliphatic heterocycles. The predicted octanol–water partition coefficient (Wildman–Crippen LogP) is 3.96. The number of aromatic nitrogens is 1. The lowest BCUT2D eigenvalue weighted by atomic mass is 10.0. The number of nitrogens with one attached hydrogen (secondary N) is 1. The SMILES string of the molecule is O=C(CN1CCCCCC1=O)OCC(=O)c1c(-c2ccccc2)[nH]c2ccccc12. The first kappa shape index (κ1) is 19.9. The minimum Gasteiger partial charge on any atom is -0.456 e. The van der Waals surface area contributed by atoms with Gasteiger partial charge in [-0.3, -0.25) is 14.4 Å². The predicted molar refractivity (Wildman–Crippen MR) is 114 cm³/mol. The molecule has 1 amide bonds. The Labute approximate surface area is 174 Å². The molecule has 0 atom stereocenters. The van der Waals surface area contributed by atoms with Crippen LogP contribution in [0.1, 0.15) is 36.0 Å². The smallest absolute Gasteiger partial charge is 0.326 e. The molecule has 1 N–H and O–H groups in total. The summed E-state index contributed by atoms with van der Waals surface area (Å²) in [5.74, 6) is -0.861. The van der Waals surface area contributed by atoms with Crippen LogP contribution in [0.4, 0.5) is 0 Å². The number of amides is 1. The zero-order chi connectivity index (χ0) is 20.9. The Bertz CT molecular complexity index is 1070. The van der Waals surface area contributed by atoms with Crippen molar-refractivity contribution < 1.29 is 19.1 Å². The van der Waals surface area contributed by atoms with Crippen molar-refractivity contribution in [2.24, 2.45) is 0 Å². The Hall–Kier alpha value is -3.41. The van der Waals surface area contributed by atoms with Gasteiger partial charge in [-0.2, -0.15) is 0 Å². The Morgan fingerprint density at radius 3 is 2.57 bits per heavy atom. The number of esters is 1. The van der Waals surface area contributed by atoms with Gasteiger partial charge >= 0.3 is 5.97 Å². The zero-order valence-corrected chi connectivity index (χ0v) is 16.7. The van der Waals surface area contributed by atoms with E-state index in [9.17, 15) is 14.4 Å². The third-order valence-corrected chi connectivity index (χ3v) is 5.40. The van der Waals surface area contributed by atoms with E-state index in [4.69, 9.17) is 4.74 Å². The average molecular weight is 404 g/mol. The molecule has 0 aliphatic carbocycles. The molecule has 2 heterocycles. The molecule has 0 saturated carbocycles. The second-order valence-electron chi connectivity index (χ2n) is 7.50. The number of rotatable bonds is 6. The first-order valence-electron chi connectivity index (χ1n) is 10.3. The van der Waals surface area contributed by atoms with Crippen molar-refractivity contribution in [1.82, 2.24) is 9.88 Å². The molecule has 1 saturated heterocycles. The number of fused-ring (bicyclic) bond motifs is 1. The fourth-order valence-electron chi connectivity index (χ4n) is 3.88. The molecule has 154 valence electrons. The number of ether oxygens (including phenoxy) is 1. The van der Waals surface area contributed by atoms with E-state index in [-0.39, 0.29) is 24.8 Å². The number of likely N-dealkylation sites (tertiary alicyclic amines) is 1. The van der Waals surface area contributed by atoms with E-state index >= 15 is 0 Å². The standard InChI is InChI=1S/C24H24N2O4/c27-20(16-30-22(29)15-26-14-8-2-5-13-21(26)28)23-18-11-6-7-12-19(18)25-24(23)17-9-3-1-4-10-17/h1,3-4,6-7,9-12,25H,2,5,8,13-16H2. The van der Waals surface area contributed by atoms with Gasteiger partial charge in [-0.25, -0.2) is 0 Å². The van der Waals surface area contributed by atoms with Crippen LogP contribution >= 0.6 is 0 Å². The quantitative estimate of drug-likeness (QED) is 0.498. The number of aromatic amines is 1. The van der Waals surface area contributed by atoms with Crippen LogP contribution in [0.3, 0.4) is 0 Å². The van der Waals surface area contributed by atoms with Gasteiger partial charge in [0.2, 0.25) is 11.7 Å². The van der Waals surface area contributed by atoms with Crippen LogP contribution in [0.2, 0.25) is 0 Å². The van der Waals surface area contributed by atoms with Crippen LogP contribution in [-0.4, -0.2) is 47.2 Å². The van der Waals surface area contributed by atoms with Crippen molar-refractivity contribution in [2.75, 3.05) is 19.7 Å². The molecule has 1 aliphatic rings. The maximum absolute atomic E-state index is 13.1. The molecule has 0 radical (unpaired) electrons. The minimum atomic E-state index is -0.556. The molecule has 0 bridgehead atoms. The summed E-state index contributed by atoms with van der Waals surface area (Å²) in [5.41, 5.74) is 2.95. The van der Waals surface area contributed by atoms with Crippen molar-refractivity contribution in [3.05, 3.63) is 60.2 Å². The fraction of sp³-hybridized carbons (Fsp3) is 0.292. The van der Waals surface area contributed by atoms with Gasteiger partial charge in [-0.15, -0.1) is 0 Å². The number of nitrogens with zero attached hydrogens (tertiary/aromatic N) is 1. The van der Waals surface area contributed by atoms with Crippen molar-refractivity contribution >= 4 is 28.6 Å². The maximum Gasteiger partial charge on any atom is 0.326 e. The lowest BCUT2D eigenvalue weighted by Gasteiger charge is -2.19. The van der Waals surface area contributed by atoms with Crippen LogP contribution in [0.15, 0.2) is 54.6 Å². The average Bonchev–Trinajstić information content (AvgIpc) is 3.05. The molecule has 6 nitrogen and oxygen atoms in total. The van der Waals surface area contributed by atoms with Crippen LogP contribution in [0, 0.1) is 0 Å². The third-order valence-electron chi connectivity index (χ3n) is 5.40. The summed E-state index contributed by atoms with van der Waals surface area (Å²) in [6, 6.07) is 17.2. The van der Waals surface area contributed by atoms with E-state index in [1.165, 1.54) is 4.90 Å². The Balaban J connectivity index is 1.51. The van der Waals surface area contributed by atoms with Gasteiger partial charge in [0.15, 0.2) is 6.61 Å². The Morgan fingerprint density at radius 2 is 1.73 bits per heavy atom. The van der Waals surface area contributed by atoms with Gasteiger partial charge in [0.1, 0.15) is 6.54 Å². The molecular formula is C24H24N2O4. The zero-order valence-electron chi connectivity index (χ0n) is 16.7. The van der Waals surface area contributed by atoms with Crippen molar-refractivity contribution in [3.63, 3.8) is 0 Å². The number of para-hydroxylation sites is 1. The van der Waals surface area contributed by atoms with Crippen LogP contribution in [0.25, 0.3) is 22.2 Å². The second-order valence-corrected chi connectivity index (χ2v) is 7.50. The topological polar surface area (TPSA) is 79.5 Å². The number of hydrogen-bond acceptors (Lipinski definition) is 4. The molecule has 1 fully saturated rings. The largest absolute Gasteiger partial charge is 0.456 e. The highest BCUT2D eigenvalue weighted by Gasteiger charge is 2.23. The van der Waals surface area contributed by atoms with E-state index in [0.717, 1.165) is 35.7 Å². The maximum atomic E-state index is 13.1. The van der Waals surface area contributed by atoms with E-state index in [1.54, 1.807) is 0 Å². The van der Waals surface area contributed by atoms with Gasteiger partial charge < -0.3 is 14.6 Å². The summed E-state index contributed by atoms with van der Waals surface area (Å²) in [6.07, 6.45) is 3.18. The van der Waals surface area contributed by atoms with Gasteiger partial charge in [0.25, 0.3) is 0 Å². The summed E-state index contributed by atoms with van der Waals surface area (Å²) in [5, 5.41) is 0.792. The van der Waals surface area contributed by atoms with E-state index in [1.807, 2.05) is 54.6 Å². The lowest BCUT2D eigenvalue weighted by Crippen LogP contribution is -2.36. The van der Waals surface area contributed by atoms with Crippen LogP contribution in [-0.2, 0) is 14.3 Å². The third kappa shape index (κ3) is 4.27. The highest BCUT2D eigenvalue weighted by molar-refractivity contribution is 6.14. The normalized spacial score (nSPS) is 14.5. The molecule has 2 aromatic carbocycles. The van der Waals surface area contributed by atoms with Crippen molar-refractivity contribution in [2.45, 2.75) is 25.7 Å². The molecule has 0 spiro atoms. The van der Waals surface area contributed by atoms with Gasteiger partial charge in [0, 0.05) is 23.9 Å². The summed E-state index contributed by atoms with van der Waals surface area (Å²) in [6.45, 7) is 0.0938. The summed E-state index contributed by atoms with van der Waals surface area (Å²) < 4.78 is 5.26. The number of ketones is 1. The Kier molecular flexibility index (Phi) is 5.93. The number of H-pyrrole nitrogens is 1. The summed E-state index contributed by atoms with van der Waals surface area (Å²) in [7, 11) is 0. The van der Waals surface area contributed by atoms with Gasteiger partial charge in [0.05, 0.1) is 11.3 Å². The lowest BCUT2D eigenvalue weighted by molar-refractivity contribution is -0.148. The van der Waals surface area contributed by atoms with Crippen LogP contribution < -0.4 is 0 Å². The number of Topliss-reactive ketones (excluding diaryl/α,β-unsaturated/α-hetero) is 1. The van der Waals surface area contributed by atoms with Crippen molar-refractivity contribution in [1.29, 1.82) is 0 Å². The molecule has 30 heavy (non-hydrogen) atoms. The highest BCUT2D eigenvalue weighted by atomic mass is 16.5. The van der Waals surface area contributed by atoms with E-state index in [0.29, 0.717) is 24.2 Å². The van der Waals surface area contributed by atoms with Gasteiger partial charge in [-0.1, -0.05) is 55.0 Å². The Morgan fingerprint density at radius 1 is 0.967 bits per heavy atom. The molecule has 6 heteroatoms. The first-order valence-corrected chi connectivity index (χ1v) is 10.3. The van der Waals surface area contributed by atoms with Gasteiger partial charge in [-0.05, 0) is 24.5 Å². The number of benzene rings is 2. The summed E-state index contributed by atoms with van der Waals surface area (Å²) in [4.78, 5) is 42.2. The highest BCUT2D eigenvalue weighted by Crippen LogP contribution is 2.30. The van der Waals surface area contributed by atoms with E-state index < -0.39 is 5.97 Å². The first-order chi connectivity index (χ1) is 14.6. The monoisotopic (exact) mass is 404 g/mol. The summed E-state index contributed by atoms with van der Waals surface area (Å²) >= 11 is 0. The van der Waals surface area contributed by atoms with Crippen LogP contribution in [0.5, 0.6) is 0 Å². The van der Waals surface area contributed by atoms with Crippen molar-refractivity contribution in [3.8, 4) is 11.3 Å². The second kappa shape index (κ2) is 8.95. The molecule has 3 aromatic rings. The molecular weight excluding hydrogens is 380 g/mol. The molecule has 4 rings (SSSR count). The van der Waals surface area contributed by atoms with E-state index in [2.05, 4.69) is 4.98 Å².